The minimum Gasteiger partial charge on any atom is -0.493 e. The zero-order chi connectivity index (χ0) is 29.7. The summed E-state index contributed by atoms with van der Waals surface area (Å²) >= 11 is 0. The van der Waals surface area contributed by atoms with Crippen LogP contribution in [0.4, 0.5) is 13.2 Å². The molecule has 1 amide bonds. The topological polar surface area (TPSA) is 54.0 Å². The van der Waals surface area contributed by atoms with Crippen LogP contribution in [0.5, 0.6) is 11.5 Å². The first-order chi connectivity index (χ1) is 20.2. The molecule has 2 atom stereocenters. The molecule has 5 rings (SSSR count). The van der Waals surface area contributed by atoms with Crippen molar-refractivity contribution in [3.63, 3.8) is 0 Å². The monoisotopic (exact) mass is 579 g/mol. The van der Waals surface area contributed by atoms with E-state index in [4.69, 9.17) is 9.47 Å². The molecule has 222 valence electrons. The maximum Gasteiger partial charge on any atom is 0.416 e. The Bertz CT molecular complexity index is 1410. The van der Waals surface area contributed by atoms with Gasteiger partial charge in [0.15, 0.2) is 11.5 Å². The Hall–Kier alpha value is -3.82. The van der Waals surface area contributed by atoms with Gasteiger partial charge < -0.3 is 19.7 Å². The lowest BCUT2D eigenvalue weighted by atomic mass is 9.98. The van der Waals surface area contributed by atoms with Gasteiger partial charge in [-0.3, -0.25) is 9.69 Å². The lowest BCUT2D eigenvalue weighted by Gasteiger charge is -2.33. The molecule has 1 N–H and O–H groups in total. The highest BCUT2D eigenvalue weighted by molar-refractivity contribution is 5.83. The predicted octanol–water partition coefficient (Wildman–Crippen LogP) is 5.55. The van der Waals surface area contributed by atoms with E-state index in [0.29, 0.717) is 56.2 Å². The molecule has 0 spiro atoms. The molecule has 0 radical (unpaired) electrons. The van der Waals surface area contributed by atoms with Gasteiger partial charge in [-0.05, 0) is 53.3 Å². The average molecular weight is 580 g/mol. The molecule has 1 fully saturated rings. The Morgan fingerprint density at radius 3 is 2.45 bits per heavy atom. The molecule has 9 heteroatoms. The van der Waals surface area contributed by atoms with Crippen molar-refractivity contribution in [3.05, 3.63) is 101 Å². The third-order valence-corrected chi connectivity index (χ3v) is 8.02. The number of likely N-dealkylation sites (tertiary alicyclic amines) is 1. The normalized spacial score (nSPS) is 19.2. The highest BCUT2D eigenvalue weighted by Gasteiger charge is 2.39. The number of methoxy groups -OCH3 is 2. The molecule has 3 aromatic rings. The number of ether oxygens (including phenoxy) is 2. The van der Waals surface area contributed by atoms with Gasteiger partial charge >= 0.3 is 6.18 Å². The lowest BCUT2D eigenvalue weighted by molar-refractivity contribution is -0.138. The van der Waals surface area contributed by atoms with E-state index in [0.717, 1.165) is 29.2 Å². The molecule has 1 saturated heterocycles. The van der Waals surface area contributed by atoms with Crippen molar-refractivity contribution in [1.82, 2.24) is 15.1 Å². The number of alkyl halides is 3. The smallest absolute Gasteiger partial charge is 0.416 e. The van der Waals surface area contributed by atoms with Crippen molar-refractivity contribution in [2.75, 3.05) is 33.9 Å². The Kier molecular flexibility index (Phi) is 9.18. The second kappa shape index (κ2) is 13.0. The van der Waals surface area contributed by atoms with Crippen molar-refractivity contribution in [1.29, 1.82) is 0 Å². The first kappa shape index (κ1) is 29.7. The number of hydrogen-bond acceptors (Lipinski definition) is 5. The van der Waals surface area contributed by atoms with Crippen LogP contribution >= 0.6 is 0 Å². The SMILES string of the molecule is COc1cc2c(cc1OC)CN(C(=O)[C@@H]1C[C@@H](NCc3cccc(C(F)(F)F)c3)CN1C/C=C/c1ccccc1)CC2. The largest absolute Gasteiger partial charge is 0.493 e. The van der Waals surface area contributed by atoms with Gasteiger partial charge in [0.25, 0.3) is 0 Å². The highest BCUT2D eigenvalue weighted by atomic mass is 19.4. The molecule has 0 saturated carbocycles. The molecule has 3 aromatic carbocycles. The Labute approximate surface area is 244 Å². The van der Waals surface area contributed by atoms with Crippen LogP contribution in [0.2, 0.25) is 0 Å². The van der Waals surface area contributed by atoms with Gasteiger partial charge in [0.05, 0.1) is 25.8 Å². The number of nitrogens with zero attached hydrogens (tertiary/aromatic N) is 2. The quantitative estimate of drug-likeness (QED) is 0.360. The zero-order valence-corrected chi connectivity index (χ0v) is 23.9. The van der Waals surface area contributed by atoms with Gasteiger partial charge in [-0.1, -0.05) is 60.7 Å². The van der Waals surface area contributed by atoms with Crippen molar-refractivity contribution >= 4 is 12.0 Å². The van der Waals surface area contributed by atoms with Gasteiger partial charge in [-0.2, -0.15) is 13.2 Å². The summed E-state index contributed by atoms with van der Waals surface area (Å²) < 4.78 is 50.5. The molecule has 2 aliphatic rings. The summed E-state index contributed by atoms with van der Waals surface area (Å²) in [4.78, 5) is 18.0. The summed E-state index contributed by atoms with van der Waals surface area (Å²) in [6.07, 6.45) is 1.02. The number of fused-ring (bicyclic) bond motifs is 1. The van der Waals surface area contributed by atoms with Gasteiger partial charge in [0.2, 0.25) is 5.91 Å². The van der Waals surface area contributed by atoms with E-state index in [9.17, 15) is 18.0 Å². The van der Waals surface area contributed by atoms with E-state index in [2.05, 4.69) is 16.3 Å². The van der Waals surface area contributed by atoms with Crippen molar-refractivity contribution in [2.24, 2.45) is 0 Å². The molecule has 0 aromatic heterocycles. The van der Waals surface area contributed by atoms with E-state index in [1.807, 2.05) is 53.4 Å². The number of carbonyl (C=O) groups excluding carboxylic acids is 1. The molecule has 6 nitrogen and oxygen atoms in total. The fourth-order valence-corrected chi connectivity index (χ4v) is 5.80. The van der Waals surface area contributed by atoms with E-state index < -0.39 is 11.7 Å². The maximum atomic E-state index is 14.0. The molecule has 0 unspecified atom stereocenters. The summed E-state index contributed by atoms with van der Waals surface area (Å²) in [6.45, 7) is 2.59. The Morgan fingerprint density at radius 2 is 1.74 bits per heavy atom. The molecule has 42 heavy (non-hydrogen) atoms. The van der Waals surface area contributed by atoms with Crippen LogP contribution in [0.25, 0.3) is 6.08 Å². The Balaban J connectivity index is 1.30. The van der Waals surface area contributed by atoms with Gasteiger partial charge in [0.1, 0.15) is 0 Å². The van der Waals surface area contributed by atoms with Crippen molar-refractivity contribution in [3.8, 4) is 11.5 Å². The van der Waals surface area contributed by atoms with E-state index in [1.165, 1.54) is 12.1 Å². The van der Waals surface area contributed by atoms with Crippen LogP contribution in [0.3, 0.4) is 0 Å². The van der Waals surface area contributed by atoms with Crippen LogP contribution in [0.15, 0.2) is 72.8 Å². The minimum atomic E-state index is -4.38. The van der Waals surface area contributed by atoms with Crippen LogP contribution in [0.1, 0.15) is 34.2 Å². The van der Waals surface area contributed by atoms with Gasteiger partial charge in [0, 0.05) is 38.8 Å². The summed E-state index contributed by atoms with van der Waals surface area (Å²) in [5, 5.41) is 3.41. The number of benzene rings is 3. The fraction of sp³-hybridized carbons (Fsp3) is 0.364. The second-order valence-corrected chi connectivity index (χ2v) is 10.8. The predicted molar refractivity (Wildman–Crippen MR) is 156 cm³/mol. The molecular formula is C33H36F3N3O3. The summed E-state index contributed by atoms with van der Waals surface area (Å²) in [5.74, 6) is 1.38. The molecular weight excluding hydrogens is 543 g/mol. The van der Waals surface area contributed by atoms with Crippen LogP contribution < -0.4 is 14.8 Å². The molecule has 2 aliphatic heterocycles. The maximum absolute atomic E-state index is 14.0. The first-order valence-corrected chi connectivity index (χ1v) is 14.1. The number of halogens is 3. The van der Waals surface area contributed by atoms with Gasteiger partial charge in [-0.15, -0.1) is 0 Å². The average Bonchev–Trinajstić information content (AvgIpc) is 3.41. The fourth-order valence-electron chi connectivity index (χ4n) is 5.80. The highest BCUT2D eigenvalue weighted by Crippen LogP contribution is 2.34. The standard InChI is InChI=1S/C33H36F3N3O3/c1-41-30-17-25-13-15-39(21-26(25)18-31(30)42-2)32(40)29-19-28(22-38(29)14-7-11-23-8-4-3-5-9-23)37-20-24-10-6-12-27(16-24)33(34,35)36/h3-12,16-18,28-29,37H,13-15,19-22H2,1-2H3/b11-7+/t28-,29+/m1/s1. The van der Waals surface area contributed by atoms with E-state index in [-0.39, 0.29) is 18.0 Å². The minimum absolute atomic E-state index is 0.0416. The third kappa shape index (κ3) is 6.97. The summed E-state index contributed by atoms with van der Waals surface area (Å²) in [7, 11) is 3.21. The second-order valence-electron chi connectivity index (χ2n) is 10.8. The van der Waals surface area contributed by atoms with E-state index >= 15 is 0 Å². The first-order valence-electron chi connectivity index (χ1n) is 14.1. The van der Waals surface area contributed by atoms with E-state index in [1.54, 1.807) is 20.3 Å². The molecule has 0 aliphatic carbocycles. The zero-order valence-electron chi connectivity index (χ0n) is 23.9. The van der Waals surface area contributed by atoms with Crippen LogP contribution in [-0.2, 0) is 30.5 Å². The Morgan fingerprint density at radius 1 is 1.00 bits per heavy atom. The summed E-state index contributed by atoms with van der Waals surface area (Å²) in [5.41, 5.74) is 3.17. The number of carbonyl (C=O) groups is 1. The molecule has 0 bridgehead atoms. The number of nitrogens with one attached hydrogen (secondary N) is 1. The van der Waals surface area contributed by atoms with Crippen molar-refractivity contribution < 1.29 is 27.4 Å². The summed E-state index contributed by atoms with van der Waals surface area (Å²) in [6, 6.07) is 18.9. The van der Waals surface area contributed by atoms with Gasteiger partial charge in [-0.25, -0.2) is 0 Å². The van der Waals surface area contributed by atoms with Crippen LogP contribution in [-0.4, -0.2) is 61.6 Å². The number of hydrogen-bond donors (Lipinski definition) is 1. The number of amides is 1. The third-order valence-electron chi connectivity index (χ3n) is 8.02. The lowest BCUT2D eigenvalue weighted by Crippen LogP contribution is -2.47. The molecule has 2 heterocycles. The number of rotatable bonds is 9. The van der Waals surface area contributed by atoms with Crippen LogP contribution in [0, 0.1) is 0 Å². The van der Waals surface area contributed by atoms with Crippen molar-refractivity contribution in [2.45, 2.75) is 44.2 Å².